The summed E-state index contributed by atoms with van der Waals surface area (Å²) in [5.74, 6) is 0.504. The summed E-state index contributed by atoms with van der Waals surface area (Å²) in [7, 11) is 0. The minimum absolute atomic E-state index is 0.0706. The average molecular weight is 445 g/mol. The van der Waals surface area contributed by atoms with Crippen molar-refractivity contribution in [2.45, 2.75) is 32.6 Å². The van der Waals surface area contributed by atoms with Gasteiger partial charge >= 0.3 is 5.91 Å². The van der Waals surface area contributed by atoms with Crippen LogP contribution in [0.25, 0.3) is 17.1 Å². The summed E-state index contributed by atoms with van der Waals surface area (Å²) in [5, 5.41) is 8.22. The number of carbonyl (C=O) groups is 2. The van der Waals surface area contributed by atoms with Gasteiger partial charge in [0.05, 0.1) is 5.69 Å². The average Bonchev–Trinajstić information content (AvgIpc) is 3.50. The number of amides is 2. The topological polar surface area (TPSA) is 128 Å². The van der Waals surface area contributed by atoms with Gasteiger partial charge in [-0.2, -0.15) is 4.98 Å². The molecule has 10 heteroatoms. The fraction of sp³-hybridized carbons (Fsp3) is 0.217. The summed E-state index contributed by atoms with van der Waals surface area (Å²) in [4.78, 5) is 33.4. The lowest BCUT2D eigenvalue weighted by Crippen LogP contribution is -2.42. The second-order valence-electron chi connectivity index (χ2n) is 7.58. The summed E-state index contributed by atoms with van der Waals surface area (Å²) in [6.07, 6.45) is 0.335. The molecule has 2 N–H and O–H groups in total. The molecule has 10 nitrogen and oxygen atoms in total. The zero-order valence-corrected chi connectivity index (χ0v) is 18.2. The summed E-state index contributed by atoms with van der Waals surface area (Å²) >= 11 is 0. The van der Waals surface area contributed by atoms with Gasteiger partial charge in [0.2, 0.25) is 17.6 Å². The summed E-state index contributed by atoms with van der Waals surface area (Å²) in [5.41, 5.74) is 6.29. The van der Waals surface area contributed by atoms with Crippen molar-refractivity contribution >= 4 is 11.8 Å². The van der Waals surface area contributed by atoms with Crippen molar-refractivity contribution in [1.29, 1.82) is 0 Å². The van der Waals surface area contributed by atoms with Crippen LogP contribution in [-0.2, 0) is 11.2 Å². The van der Waals surface area contributed by atoms with E-state index in [4.69, 9.17) is 4.52 Å². The van der Waals surface area contributed by atoms with Crippen LogP contribution in [0.1, 0.15) is 48.5 Å². The van der Waals surface area contributed by atoms with E-state index in [1.807, 2.05) is 74.5 Å². The van der Waals surface area contributed by atoms with Gasteiger partial charge in [-0.3, -0.25) is 20.4 Å². The Kier molecular flexibility index (Phi) is 6.53. The van der Waals surface area contributed by atoms with Gasteiger partial charge in [-0.05, 0) is 12.1 Å². The van der Waals surface area contributed by atoms with Gasteiger partial charge in [-0.1, -0.05) is 67.5 Å². The Morgan fingerprint density at radius 3 is 2.33 bits per heavy atom. The van der Waals surface area contributed by atoms with Gasteiger partial charge in [0.15, 0.2) is 11.6 Å². The highest BCUT2D eigenvalue weighted by atomic mass is 16.5. The van der Waals surface area contributed by atoms with Gasteiger partial charge in [0.25, 0.3) is 0 Å². The molecule has 0 aliphatic carbocycles. The van der Waals surface area contributed by atoms with E-state index < -0.39 is 11.8 Å². The fourth-order valence-electron chi connectivity index (χ4n) is 3.00. The van der Waals surface area contributed by atoms with Crippen LogP contribution in [0.2, 0.25) is 0 Å². The maximum Gasteiger partial charge on any atom is 0.309 e. The van der Waals surface area contributed by atoms with Crippen LogP contribution in [0.15, 0.2) is 65.2 Å². The highest BCUT2D eigenvalue weighted by Crippen LogP contribution is 2.20. The van der Waals surface area contributed by atoms with Crippen LogP contribution in [-0.4, -0.2) is 36.7 Å². The second kappa shape index (κ2) is 9.86. The molecule has 0 saturated carbocycles. The molecular formula is C23H23N7O3. The van der Waals surface area contributed by atoms with Crippen LogP contribution < -0.4 is 10.9 Å². The molecule has 33 heavy (non-hydrogen) atoms. The molecule has 0 fully saturated rings. The predicted octanol–water partition coefficient (Wildman–Crippen LogP) is 2.83. The van der Waals surface area contributed by atoms with Crippen LogP contribution in [0, 0.1) is 0 Å². The lowest BCUT2D eigenvalue weighted by molar-refractivity contribution is -0.121. The summed E-state index contributed by atoms with van der Waals surface area (Å²) in [6.45, 7) is 3.90. The van der Waals surface area contributed by atoms with Crippen molar-refractivity contribution in [3.05, 3.63) is 78.2 Å². The molecule has 0 saturated heterocycles. The first-order valence-electron chi connectivity index (χ1n) is 10.5. The molecule has 2 amide bonds. The number of aryl methyl sites for hydroxylation is 1. The lowest BCUT2D eigenvalue weighted by atomic mass is 10.2. The van der Waals surface area contributed by atoms with Gasteiger partial charge < -0.3 is 4.52 Å². The molecule has 4 aromatic rings. The third kappa shape index (κ3) is 5.29. The van der Waals surface area contributed by atoms with Crippen molar-refractivity contribution < 1.29 is 14.1 Å². The first-order chi connectivity index (χ1) is 16.0. The van der Waals surface area contributed by atoms with E-state index >= 15 is 0 Å². The Morgan fingerprint density at radius 1 is 0.970 bits per heavy atom. The number of hydrogen-bond acceptors (Lipinski definition) is 7. The maximum atomic E-state index is 12.6. The third-order valence-corrected chi connectivity index (χ3v) is 4.72. The SMILES string of the molecule is CC(C)c1noc(CCC(=O)NNC(=O)c2nc(-c3ccccc3)n(-c3ccccc3)n2)n1. The highest BCUT2D eigenvalue weighted by Gasteiger charge is 2.19. The number of benzene rings is 2. The molecule has 0 spiro atoms. The highest BCUT2D eigenvalue weighted by molar-refractivity contribution is 5.92. The van der Waals surface area contributed by atoms with E-state index in [0.29, 0.717) is 17.5 Å². The molecule has 0 aliphatic heterocycles. The van der Waals surface area contributed by atoms with Crippen LogP contribution in [0.5, 0.6) is 0 Å². The molecule has 0 radical (unpaired) electrons. The third-order valence-electron chi connectivity index (χ3n) is 4.72. The second-order valence-corrected chi connectivity index (χ2v) is 7.58. The number of carbonyl (C=O) groups excluding carboxylic acids is 2. The Labute approximate surface area is 190 Å². The molecule has 2 aromatic heterocycles. The number of rotatable bonds is 7. The molecule has 2 heterocycles. The monoisotopic (exact) mass is 445 g/mol. The summed E-state index contributed by atoms with van der Waals surface area (Å²) < 4.78 is 6.71. The van der Waals surface area contributed by atoms with Crippen molar-refractivity contribution in [1.82, 2.24) is 35.8 Å². The zero-order valence-electron chi connectivity index (χ0n) is 18.2. The standard InChI is InChI=1S/C23H23N7O3/c1-15(2)20-24-19(33-29-20)14-13-18(31)26-27-23(32)21-25-22(16-9-5-3-6-10-16)30(28-21)17-11-7-4-8-12-17/h3-12,15H,13-14H2,1-2H3,(H,26,31)(H,27,32). The number of para-hydroxylation sites is 1. The molecular weight excluding hydrogens is 422 g/mol. The molecule has 0 atom stereocenters. The first kappa shape index (κ1) is 21.9. The van der Waals surface area contributed by atoms with Crippen molar-refractivity contribution in [3.63, 3.8) is 0 Å². The fourth-order valence-corrected chi connectivity index (χ4v) is 3.00. The number of aromatic nitrogens is 5. The number of nitrogens with one attached hydrogen (secondary N) is 2. The van der Waals surface area contributed by atoms with Crippen molar-refractivity contribution in [2.75, 3.05) is 0 Å². The van der Waals surface area contributed by atoms with E-state index in [-0.39, 0.29) is 24.6 Å². The first-order valence-corrected chi connectivity index (χ1v) is 10.5. The predicted molar refractivity (Wildman–Crippen MR) is 119 cm³/mol. The van der Waals surface area contributed by atoms with Crippen LogP contribution in [0.4, 0.5) is 0 Å². The lowest BCUT2D eigenvalue weighted by Gasteiger charge is -2.05. The zero-order chi connectivity index (χ0) is 23.2. The Balaban J connectivity index is 1.42. The van der Waals surface area contributed by atoms with Gasteiger partial charge in [0.1, 0.15) is 0 Å². The summed E-state index contributed by atoms with van der Waals surface area (Å²) in [6, 6.07) is 18.8. The van der Waals surface area contributed by atoms with Gasteiger partial charge in [0, 0.05) is 24.3 Å². The normalized spacial score (nSPS) is 10.9. The molecule has 0 bridgehead atoms. The largest absolute Gasteiger partial charge is 0.339 e. The van der Waals surface area contributed by atoms with Gasteiger partial charge in [-0.15, -0.1) is 5.10 Å². The van der Waals surface area contributed by atoms with Crippen molar-refractivity contribution in [2.24, 2.45) is 0 Å². The quantitative estimate of drug-likeness (QED) is 0.419. The van der Waals surface area contributed by atoms with E-state index in [0.717, 1.165) is 11.3 Å². The maximum absolute atomic E-state index is 12.6. The molecule has 0 unspecified atom stereocenters. The minimum atomic E-state index is -0.630. The smallest absolute Gasteiger partial charge is 0.309 e. The number of nitrogens with zero attached hydrogens (tertiary/aromatic N) is 5. The molecule has 2 aromatic carbocycles. The Hall–Kier alpha value is -4.34. The van der Waals surface area contributed by atoms with E-state index in [2.05, 4.69) is 31.1 Å². The minimum Gasteiger partial charge on any atom is -0.339 e. The Morgan fingerprint density at radius 2 is 1.67 bits per heavy atom. The number of hydrogen-bond donors (Lipinski definition) is 2. The van der Waals surface area contributed by atoms with Crippen molar-refractivity contribution in [3.8, 4) is 17.1 Å². The van der Waals surface area contributed by atoms with Gasteiger partial charge in [-0.25, -0.2) is 9.67 Å². The molecule has 168 valence electrons. The van der Waals surface area contributed by atoms with Crippen LogP contribution in [0.3, 0.4) is 0 Å². The van der Waals surface area contributed by atoms with E-state index in [1.165, 1.54) is 0 Å². The van der Waals surface area contributed by atoms with E-state index in [1.54, 1.807) is 4.68 Å². The molecule has 4 rings (SSSR count). The number of hydrazine groups is 1. The van der Waals surface area contributed by atoms with E-state index in [9.17, 15) is 9.59 Å². The molecule has 0 aliphatic rings. The van der Waals surface area contributed by atoms with Crippen LogP contribution >= 0.6 is 0 Å². The Bertz CT molecular complexity index is 1180.